The summed E-state index contributed by atoms with van der Waals surface area (Å²) in [7, 11) is 3.30. The number of rotatable bonds is 6. The maximum Gasteiger partial charge on any atom is 0.273 e. The first-order valence-corrected chi connectivity index (χ1v) is 13.4. The van der Waals surface area contributed by atoms with E-state index in [2.05, 4.69) is 64.7 Å². The number of amides is 1. The average Bonchev–Trinajstić information content (AvgIpc) is 3.38. The molecule has 1 amide bonds. The van der Waals surface area contributed by atoms with Gasteiger partial charge in [-0.2, -0.15) is 0 Å². The molecule has 0 saturated heterocycles. The van der Waals surface area contributed by atoms with E-state index in [-0.39, 0.29) is 5.91 Å². The molecule has 39 heavy (non-hydrogen) atoms. The van der Waals surface area contributed by atoms with Gasteiger partial charge in [0.2, 0.25) is 0 Å². The highest BCUT2D eigenvalue weighted by Crippen LogP contribution is 2.40. The minimum Gasteiger partial charge on any atom is -0.497 e. The van der Waals surface area contributed by atoms with Gasteiger partial charge in [-0.05, 0) is 91.8 Å². The number of imidazole rings is 1. The molecule has 0 radical (unpaired) electrons. The maximum absolute atomic E-state index is 14.2. The Labute approximate surface area is 228 Å². The Hall–Kier alpha value is -4.45. The lowest BCUT2D eigenvalue weighted by Crippen LogP contribution is -2.16. The number of anilines is 1. The topological polar surface area (TPSA) is 56.9 Å². The zero-order valence-electron chi connectivity index (χ0n) is 22.9. The monoisotopic (exact) mass is 519 g/mol. The molecule has 198 valence electrons. The molecular formula is C33H33N3O3. The molecule has 6 nitrogen and oxygen atoms in total. The van der Waals surface area contributed by atoms with Crippen LogP contribution in [0, 0.1) is 13.8 Å². The first-order chi connectivity index (χ1) is 19.0. The predicted octanol–water partition coefficient (Wildman–Crippen LogP) is 7.30. The Kier molecular flexibility index (Phi) is 6.39. The van der Waals surface area contributed by atoms with Gasteiger partial charge < -0.3 is 19.4 Å². The number of ether oxygens (including phenoxy) is 2. The predicted molar refractivity (Wildman–Crippen MR) is 156 cm³/mol. The van der Waals surface area contributed by atoms with Crippen LogP contribution in [0.1, 0.15) is 40.0 Å². The number of hydrogen-bond donors (Lipinski definition) is 1. The van der Waals surface area contributed by atoms with Crippen molar-refractivity contribution < 1.29 is 14.3 Å². The number of nitrogens with one attached hydrogen (secondary N) is 1. The molecule has 2 aromatic heterocycles. The fraction of sp³-hybridized carbons (Fsp3) is 0.242. The third kappa shape index (κ3) is 4.26. The smallest absolute Gasteiger partial charge is 0.273 e. The van der Waals surface area contributed by atoms with E-state index in [1.54, 1.807) is 14.2 Å². The normalized spacial score (nSPS) is 12.8. The van der Waals surface area contributed by atoms with E-state index in [0.717, 1.165) is 59.6 Å². The fourth-order valence-electron chi connectivity index (χ4n) is 5.74. The average molecular weight is 520 g/mol. The van der Waals surface area contributed by atoms with Crippen LogP contribution < -0.4 is 14.8 Å². The SMILES string of the molecule is COc1ccc(-c2cn3c(C(=O)Nc4ccccc4OC)c(-c4ccc(C)c(C)c4)c4c3n2CCCC4)cc1. The highest BCUT2D eigenvalue weighted by Gasteiger charge is 2.30. The minimum absolute atomic E-state index is 0.159. The second-order valence-corrected chi connectivity index (χ2v) is 10.2. The van der Waals surface area contributed by atoms with E-state index < -0.39 is 0 Å². The molecule has 1 N–H and O–H groups in total. The van der Waals surface area contributed by atoms with Gasteiger partial charge in [0.25, 0.3) is 5.91 Å². The highest BCUT2D eigenvalue weighted by atomic mass is 16.5. The van der Waals surface area contributed by atoms with Crippen molar-refractivity contribution >= 4 is 17.2 Å². The number of benzene rings is 3. The van der Waals surface area contributed by atoms with Gasteiger partial charge in [-0.3, -0.25) is 9.20 Å². The van der Waals surface area contributed by atoms with Crippen LogP contribution in [0.25, 0.3) is 28.0 Å². The minimum atomic E-state index is -0.159. The Morgan fingerprint density at radius 3 is 2.38 bits per heavy atom. The number of carbonyl (C=O) groups excluding carboxylic acids is 1. The second kappa shape index (κ2) is 10.0. The molecule has 3 aromatic carbocycles. The largest absolute Gasteiger partial charge is 0.497 e. The molecule has 0 aliphatic carbocycles. The summed E-state index contributed by atoms with van der Waals surface area (Å²) < 4.78 is 15.4. The van der Waals surface area contributed by atoms with Crippen LogP contribution in [0.5, 0.6) is 11.5 Å². The van der Waals surface area contributed by atoms with E-state index in [4.69, 9.17) is 9.47 Å². The molecule has 0 saturated carbocycles. The second-order valence-electron chi connectivity index (χ2n) is 10.2. The number of carbonyl (C=O) groups is 1. The number of aryl methyl sites for hydroxylation is 4. The summed E-state index contributed by atoms with van der Waals surface area (Å²) in [5.41, 5.74) is 10.3. The first kappa shape index (κ1) is 24.9. The van der Waals surface area contributed by atoms with Crippen molar-refractivity contribution in [3.05, 3.63) is 95.3 Å². The van der Waals surface area contributed by atoms with Gasteiger partial charge in [-0.15, -0.1) is 0 Å². The van der Waals surface area contributed by atoms with E-state index in [1.165, 1.54) is 16.7 Å². The zero-order chi connectivity index (χ0) is 27.1. The molecular weight excluding hydrogens is 486 g/mol. The van der Waals surface area contributed by atoms with Crippen molar-refractivity contribution in [2.45, 2.75) is 39.7 Å². The molecule has 6 heteroatoms. The van der Waals surface area contributed by atoms with E-state index in [0.29, 0.717) is 17.1 Å². The summed E-state index contributed by atoms with van der Waals surface area (Å²) in [5, 5.41) is 3.15. The summed E-state index contributed by atoms with van der Waals surface area (Å²) in [5.74, 6) is 1.29. The third-order valence-corrected chi connectivity index (χ3v) is 7.89. The summed E-state index contributed by atoms with van der Waals surface area (Å²) in [4.78, 5) is 14.2. The van der Waals surface area contributed by atoms with E-state index in [1.807, 2.05) is 36.4 Å². The van der Waals surface area contributed by atoms with Crippen molar-refractivity contribution in [1.82, 2.24) is 8.97 Å². The van der Waals surface area contributed by atoms with E-state index in [9.17, 15) is 4.79 Å². The maximum atomic E-state index is 14.2. The molecule has 6 rings (SSSR count). The Balaban J connectivity index is 1.60. The third-order valence-electron chi connectivity index (χ3n) is 7.89. The molecule has 3 heterocycles. The van der Waals surface area contributed by atoms with Crippen LogP contribution in [0.2, 0.25) is 0 Å². The molecule has 0 bridgehead atoms. The molecule has 0 unspecified atom stereocenters. The Morgan fingerprint density at radius 2 is 1.64 bits per heavy atom. The molecule has 0 atom stereocenters. The number of para-hydroxylation sites is 2. The van der Waals surface area contributed by atoms with Crippen LogP contribution in [0.3, 0.4) is 0 Å². The summed E-state index contributed by atoms with van der Waals surface area (Å²) in [6.45, 7) is 5.15. The van der Waals surface area contributed by atoms with Gasteiger partial charge in [0.05, 0.1) is 25.6 Å². The van der Waals surface area contributed by atoms with Crippen molar-refractivity contribution in [1.29, 1.82) is 0 Å². The van der Waals surface area contributed by atoms with Crippen LogP contribution in [-0.2, 0) is 13.0 Å². The summed E-state index contributed by atoms with van der Waals surface area (Å²) >= 11 is 0. The zero-order valence-corrected chi connectivity index (χ0v) is 22.9. The van der Waals surface area contributed by atoms with Gasteiger partial charge in [0.15, 0.2) is 0 Å². The lowest BCUT2D eigenvalue weighted by Gasteiger charge is -2.13. The first-order valence-electron chi connectivity index (χ1n) is 13.4. The molecule has 1 aliphatic rings. The summed E-state index contributed by atoms with van der Waals surface area (Å²) in [6.07, 6.45) is 5.18. The van der Waals surface area contributed by atoms with E-state index >= 15 is 0 Å². The van der Waals surface area contributed by atoms with Crippen LogP contribution in [0.15, 0.2) is 72.9 Å². The fourth-order valence-corrected chi connectivity index (χ4v) is 5.74. The summed E-state index contributed by atoms with van der Waals surface area (Å²) in [6, 6.07) is 22.2. The van der Waals surface area contributed by atoms with Gasteiger partial charge in [0, 0.05) is 23.9 Å². The van der Waals surface area contributed by atoms with Crippen molar-refractivity contribution in [2.75, 3.05) is 19.5 Å². The Bertz CT molecular complexity index is 1690. The Morgan fingerprint density at radius 1 is 0.872 bits per heavy atom. The number of nitrogens with zero attached hydrogens (tertiary/aromatic N) is 2. The van der Waals surface area contributed by atoms with Crippen molar-refractivity contribution in [2.24, 2.45) is 0 Å². The quantitative estimate of drug-likeness (QED) is 0.256. The number of methoxy groups -OCH3 is 2. The van der Waals surface area contributed by atoms with Gasteiger partial charge in [-0.25, -0.2) is 0 Å². The lowest BCUT2D eigenvalue weighted by molar-refractivity contribution is 0.102. The molecule has 0 spiro atoms. The van der Waals surface area contributed by atoms with Gasteiger partial charge in [-0.1, -0.05) is 30.3 Å². The highest BCUT2D eigenvalue weighted by molar-refractivity contribution is 6.10. The van der Waals surface area contributed by atoms with Crippen molar-refractivity contribution in [3.63, 3.8) is 0 Å². The molecule has 1 aliphatic heterocycles. The van der Waals surface area contributed by atoms with Gasteiger partial charge >= 0.3 is 0 Å². The molecule has 5 aromatic rings. The van der Waals surface area contributed by atoms with Crippen molar-refractivity contribution in [3.8, 4) is 33.9 Å². The number of hydrogen-bond acceptors (Lipinski definition) is 3. The standard InChI is InChI=1S/C33H33N3O3/c1-21-12-13-24(19-22(21)2)30-26-9-7-8-18-35-28(23-14-16-25(38-3)17-15-23)20-36(33(26)35)31(30)32(37)34-27-10-5-6-11-29(27)39-4/h5-6,10-17,19-20H,7-9,18H2,1-4H3,(H,34,37). The lowest BCUT2D eigenvalue weighted by atomic mass is 9.95. The van der Waals surface area contributed by atoms with Crippen LogP contribution in [0.4, 0.5) is 5.69 Å². The van der Waals surface area contributed by atoms with Gasteiger partial charge in [0.1, 0.15) is 22.8 Å². The number of aromatic nitrogens is 2. The van der Waals surface area contributed by atoms with Crippen LogP contribution in [-0.4, -0.2) is 29.1 Å². The molecule has 0 fully saturated rings. The van der Waals surface area contributed by atoms with Crippen LogP contribution >= 0.6 is 0 Å².